The molecule has 0 atom stereocenters. The first-order valence-corrected chi connectivity index (χ1v) is 6.90. The molecule has 6 heteroatoms. The molecule has 2 N–H and O–H groups in total. The van der Waals surface area contributed by atoms with Crippen molar-refractivity contribution in [2.75, 3.05) is 5.32 Å². The Hall–Kier alpha value is -1.88. The summed E-state index contributed by atoms with van der Waals surface area (Å²) in [5, 5.41) is 9.93. The molecule has 0 unspecified atom stereocenters. The number of rotatable bonds is 4. The zero-order valence-electron chi connectivity index (χ0n) is 11.7. The van der Waals surface area contributed by atoms with Crippen molar-refractivity contribution in [3.05, 3.63) is 40.3 Å². The number of aryl methyl sites for hydroxylation is 1. The summed E-state index contributed by atoms with van der Waals surface area (Å²) in [5.74, 6) is 0.466. The molecule has 0 saturated carbocycles. The Morgan fingerprint density at radius 3 is 2.75 bits per heavy atom. The predicted molar refractivity (Wildman–Crippen MR) is 79.3 cm³/mol. The van der Waals surface area contributed by atoms with Crippen molar-refractivity contribution in [1.29, 1.82) is 0 Å². The molecule has 0 radical (unpaired) electrons. The second-order valence-electron chi connectivity index (χ2n) is 4.84. The van der Waals surface area contributed by atoms with Crippen molar-refractivity contribution < 1.29 is 4.79 Å². The van der Waals surface area contributed by atoms with Gasteiger partial charge in [0, 0.05) is 23.0 Å². The lowest BCUT2D eigenvalue weighted by Gasteiger charge is -2.08. The Kier molecular flexibility index (Phi) is 4.39. The summed E-state index contributed by atoms with van der Waals surface area (Å²) < 4.78 is 0. The summed E-state index contributed by atoms with van der Waals surface area (Å²) in [6, 6.07) is 5.11. The molecule has 0 saturated heterocycles. The molecule has 1 amide bonds. The summed E-state index contributed by atoms with van der Waals surface area (Å²) >= 11 is 5.95. The van der Waals surface area contributed by atoms with Gasteiger partial charge >= 0.3 is 0 Å². The molecule has 5 nitrogen and oxygen atoms in total. The largest absolute Gasteiger partial charge is 0.305 e. The summed E-state index contributed by atoms with van der Waals surface area (Å²) in [4.78, 5) is 16.4. The molecule has 106 valence electrons. The highest BCUT2D eigenvalue weighted by atomic mass is 35.5. The van der Waals surface area contributed by atoms with Crippen LogP contribution in [0.15, 0.2) is 18.2 Å². The van der Waals surface area contributed by atoms with Crippen molar-refractivity contribution in [3.8, 4) is 0 Å². The summed E-state index contributed by atoms with van der Waals surface area (Å²) in [6.07, 6.45) is 0.835. The minimum atomic E-state index is -0.245. The van der Waals surface area contributed by atoms with Crippen LogP contribution in [0.2, 0.25) is 5.15 Å². The maximum Gasteiger partial charge on any atom is 0.257 e. The molecule has 0 fully saturated rings. The van der Waals surface area contributed by atoms with Crippen LogP contribution in [0.5, 0.6) is 0 Å². The van der Waals surface area contributed by atoms with E-state index in [1.54, 1.807) is 12.1 Å². The Morgan fingerprint density at radius 2 is 2.15 bits per heavy atom. The van der Waals surface area contributed by atoms with E-state index in [-0.39, 0.29) is 11.8 Å². The standard InChI is InChI=1S/C14H17ClN4O/c1-4-10-7-13(19-18-10)17-14(20)9-5-11(8(2)3)16-12(15)6-9/h5-8H,4H2,1-3H3,(H2,17,18,19,20). The molecule has 0 aliphatic rings. The van der Waals surface area contributed by atoms with Gasteiger partial charge in [-0.1, -0.05) is 32.4 Å². The summed E-state index contributed by atoms with van der Waals surface area (Å²) in [6.45, 7) is 6.01. The molecule has 0 aliphatic heterocycles. The molecule has 2 rings (SSSR count). The van der Waals surface area contributed by atoms with Crippen LogP contribution < -0.4 is 5.32 Å². The van der Waals surface area contributed by atoms with Crippen LogP contribution in [-0.4, -0.2) is 21.1 Å². The number of carbonyl (C=O) groups is 1. The van der Waals surface area contributed by atoms with Crippen molar-refractivity contribution in [2.45, 2.75) is 33.1 Å². The fourth-order valence-electron chi connectivity index (χ4n) is 1.74. The molecule has 0 aromatic carbocycles. The first-order valence-electron chi connectivity index (χ1n) is 6.52. The minimum Gasteiger partial charge on any atom is -0.305 e. The number of nitrogens with one attached hydrogen (secondary N) is 2. The van der Waals surface area contributed by atoms with Crippen LogP contribution in [0.3, 0.4) is 0 Å². The average Bonchev–Trinajstić information content (AvgIpc) is 2.85. The van der Waals surface area contributed by atoms with Gasteiger partial charge in [-0.3, -0.25) is 9.89 Å². The highest BCUT2D eigenvalue weighted by Gasteiger charge is 2.12. The third kappa shape index (κ3) is 3.36. The maximum absolute atomic E-state index is 12.2. The van der Waals surface area contributed by atoms with E-state index in [1.807, 2.05) is 26.8 Å². The fraction of sp³-hybridized carbons (Fsp3) is 0.357. The number of aromatic nitrogens is 3. The van der Waals surface area contributed by atoms with Crippen LogP contribution in [0, 0.1) is 0 Å². The van der Waals surface area contributed by atoms with Gasteiger partial charge in [0.05, 0.1) is 0 Å². The Morgan fingerprint density at radius 1 is 1.40 bits per heavy atom. The number of H-pyrrole nitrogens is 1. The van der Waals surface area contributed by atoms with E-state index >= 15 is 0 Å². The van der Waals surface area contributed by atoms with E-state index in [1.165, 1.54) is 0 Å². The van der Waals surface area contributed by atoms with E-state index in [4.69, 9.17) is 11.6 Å². The summed E-state index contributed by atoms with van der Waals surface area (Å²) in [7, 11) is 0. The number of carbonyl (C=O) groups excluding carboxylic acids is 1. The molecule has 2 aromatic heterocycles. The molecular formula is C14H17ClN4O. The SMILES string of the molecule is CCc1cc(NC(=O)c2cc(Cl)nc(C(C)C)c2)n[nH]1. The van der Waals surface area contributed by atoms with Crippen LogP contribution in [0.4, 0.5) is 5.82 Å². The van der Waals surface area contributed by atoms with Crippen LogP contribution in [0.25, 0.3) is 0 Å². The Bertz CT molecular complexity index is 621. The van der Waals surface area contributed by atoms with Crippen LogP contribution in [-0.2, 0) is 6.42 Å². The third-order valence-electron chi connectivity index (χ3n) is 2.92. The van der Waals surface area contributed by atoms with Crippen molar-refractivity contribution in [1.82, 2.24) is 15.2 Å². The van der Waals surface area contributed by atoms with E-state index in [9.17, 15) is 4.79 Å². The number of amides is 1. The average molecular weight is 293 g/mol. The molecule has 2 heterocycles. The highest BCUT2D eigenvalue weighted by molar-refractivity contribution is 6.29. The van der Waals surface area contributed by atoms with Gasteiger partial charge in [0.1, 0.15) is 5.15 Å². The van der Waals surface area contributed by atoms with Crippen LogP contribution >= 0.6 is 11.6 Å². The number of nitrogens with zero attached hydrogens (tertiary/aromatic N) is 2. The normalized spacial score (nSPS) is 10.8. The van der Waals surface area contributed by atoms with E-state index in [0.29, 0.717) is 16.5 Å². The van der Waals surface area contributed by atoms with E-state index in [0.717, 1.165) is 17.8 Å². The third-order valence-corrected chi connectivity index (χ3v) is 3.11. The number of pyridine rings is 1. The molecule has 20 heavy (non-hydrogen) atoms. The number of halogens is 1. The zero-order chi connectivity index (χ0) is 14.7. The fourth-order valence-corrected chi connectivity index (χ4v) is 1.95. The first-order chi connectivity index (χ1) is 9.49. The zero-order valence-corrected chi connectivity index (χ0v) is 12.5. The molecule has 0 spiro atoms. The smallest absolute Gasteiger partial charge is 0.257 e. The second kappa shape index (κ2) is 6.05. The van der Waals surface area contributed by atoms with Gasteiger partial charge in [-0.25, -0.2) is 4.98 Å². The van der Waals surface area contributed by atoms with Gasteiger partial charge in [0.2, 0.25) is 0 Å². The lowest BCUT2D eigenvalue weighted by Crippen LogP contribution is -2.13. The summed E-state index contributed by atoms with van der Waals surface area (Å²) in [5.41, 5.74) is 2.24. The number of anilines is 1. The molecular weight excluding hydrogens is 276 g/mol. The number of aromatic amines is 1. The molecule has 0 aliphatic carbocycles. The number of hydrogen-bond donors (Lipinski definition) is 2. The van der Waals surface area contributed by atoms with Crippen molar-refractivity contribution >= 4 is 23.3 Å². The highest BCUT2D eigenvalue weighted by Crippen LogP contribution is 2.18. The van der Waals surface area contributed by atoms with E-state index in [2.05, 4.69) is 20.5 Å². The van der Waals surface area contributed by atoms with Crippen molar-refractivity contribution in [3.63, 3.8) is 0 Å². The quantitative estimate of drug-likeness (QED) is 0.849. The van der Waals surface area contributed by atoms with Gasteiger partial charge in [-0.2, -0.15) is 5.10 Å². The van der Waals surface area contributed by atoms with Gasteiger partial charge < -0.3 is 5.32 Å². The Balaban J connectivity index is 2.20. The van der Waals surface area contributed by atoms with Gasteiger partial charge in [-0.15, -0.1) is 0 Å². The van der Waals surface area contributed by atoms with Gasteiger partial charge in [-0.05, 0) is 24.5 Å². The van der Waals surface area contributed by atoms with E-state index < -0.39 is 0 Å². The van der Waals surface area contributed by atoms with Gasteiger partial charge in [0.25, 0.3) is 5.91 Å². The predicted octanol–water partition coefficient (Wildman–Crippen LogP) is 3.40. The van der Waals surface area contributed by atoms with Crippen molar-refractivity contribution in [2.24, 2.45) is 0 Å². The lowest BCUT2D eigenvalue weighted by atomic mass is 10.1. The Labute approximate surface area is 122 Å². The second-order valence-corrected chi connectivity index (χ2v) is 5.23. The minimum absolute atomic E-state index is 0.206. The topological polar surface area (TPSA) is 70.7 Å². The molecule has 0 bridgehead atoms. The lowest BCUT2D eigenvalue weighted by molar-refractivity contribution is 0.102. The maximum atomic E-state index is 12.2. The monoisotopic (exact) mass is 292 g/mol. The molecule has 2 aromatic rings. The first kappa shape index (κ1) is 14.5. The van der Waals surface area contributed by atoms with Crippen LogP contribution in [0.1, 0.15) is 48.4 Å². The van der Waals surface area contributed by atoms with Gasteiger partial charge in [0.15, 0.2) is 5.82 Å². The number of hydrogen-bond acceptors (Lipinski definition) is 3.